The maximum Gasteiger partial charge on any atom is 0.131 e. The molecule has 0 amide bonds. The molecule has 112 valence electrons. The predicted octanol–water partition coefficient (Wildman–Crippen LogP) is 4.75. The van der Waals surface area contributed by atoms with E-state index in [1.165, 1.54) is 17.0 Å². The minimum Gasteiger partial charge on any atom is -0.238 e. The first-order chi connectivity index (χ1) is 9.04. The van der Waals surface area contributed by atoms with E-state index < -0.39 is 0 Å². The molecule has 0 N–H and O–H groups in total. The van der Waals surface area contributed by atoms with Gasteiger partial charge in [0.25, 0.3) is 0 Å². The maximum atomic E-state index is 5.02. The first-order valence-corrected chi connectivity index (χ1v) is 7.94. The molecule has 2 unspecified atom stereocenters. The number of nitrogens with zero attached hydrogens (tertiary/aromatic N) is 2. The van der Waals surface area contributed by atoms with E-state index in [4.69, 9.17) is 9.97 Å². The summed E-state index contributed by atoms with van der Waals surface area (Å²) in [6.07, 6.45) is 0. The minimum absolute atomic E-state index is 0.135. The van der Waals surface area contributed by atoms with Gasteiger partial charge >= 0.3 is 0 Å². The van der Waals surface area contributed by atoms with Crippen LogP contribution in [0.25, 0.3) is 0 Å². The molecule has 0 saturated carbocycles. The molecule has 2 rings (SSSR count). The first kappa shape index (κ1) is 15.5. The molecule has 2 nitrogen and oxygen atoms in total. The van der Waals surface area contributed by atoms with Crippen molar-refractivity contribution >= 4 is 0 Å². The van der Waals surface area contributed by atoms with Crippen LogP contribution in [0.15, 0.2) is 0 Å². The molecule has 2 atom stereocenters. The fourth-order valence-corrected chi connectivity index (χ4v) is 3.96. The standard InChI is InChI=1S/C18H30N2/c1-10(2)16-19-12(5)14-15(20-16)18(9,11(3)4)13(6)17(14,7)8/h10-11,13H,1-9H3. The summed E-state index contributed by atoms with van der Waals surface area (Å²) in [5.74, 6) is 2.53. The van der Waals surface area contributed by atoms with Gasteiger partial charge < -0.3 is 0 Å². The van der Waals surface area contributed by atoms with Crippen LogP contribution in [0.5, 0.6) is 0 Å². The lowest BCUT2D eigenvalue weighted by Crippen LogP contribution is -2.38. The van der Waals surface area contributed by atoms with Gasteiger partial charge in [0, 0.05) is 22.6 Å². The number of hydrogen-bond donors (Lipinski definition) is 0. The Morgan fingerprint density at radius 1 is 1.00 bits per heavy atom. The van der Waals surface area contributed by atoms with Crippen molar-refractivity contribution in [1.29, 1.82) is 0 Å². The van der Waals surface area contributed by atoms with Gasteiger partial charge in [0.15, 0.2) is 0 Å². The average molecular weight is 274 g/mol. The van der Waals surface area contributed by atoms with Crippen molar-refractivity contribution in [2.75, 3.05) is 0 Å². The van der Waals surface area contributed by atoms with Crippen LogP contribution in [-0.4, -0.2) is 9.97 Å². The molecule has 1 aromatic heterocycles. The molecular formula is C18H30N2. The summed E-state index contributed by atoms with van der Waals surface area (Å²) in [4.78, 5) is 9.81. The number of rotatable bonds is 2. The van der Waals surface area contributed by atoms with Crippen molar-refractivity contribution in [2.45, 2.75) is 79.1 Å². The Kier molecular flexibility index (Phi) is 3.51. The number of hydrogen-bond acceptors (Lipinski definition) is 2. The van der Waals surface area contributed by atoms with Crippen molar-refractivity contribution in [3.63, 3.8) is 0 Å². The molecule has 2 heteroatoms. The van der Waals surface area contributed by atoms with E-state index in [1.807, 2.05) is 0 Å². The Hall–Kier alpha value is -0.920. The lowest BCUT2D eigenvalue weighted by atomic mass is 9.65. The summed E-state index contributed by atoms with van der Waals surface area (Å²) in [6, 6.07) is 0. The largest absolute Gasteiger partial charge is 0.238 e. The fraction of sp³-hybridized carbons (Fsp3) is 0.778. The van der Waals surface area contributed by atoms with Crippen molar-refractivity contribution in [2.24, 2.45) is 11.8 Å². The van der Waals surface area contributed by atoms with Gasteiger partial charge in [0.1, 0.15) is 5.82 Å². The fourth-order valence-electron chi connectivity index (χ4n) is 3.96. The van der Waals surface area contributed by atoms with Gasteiger partial charge in [-0.15, -0.1) is 0 Å². The summed E-state index contributed by atoms with van der Waals surface area (Å²) in [7, 11) is 0. The van der Waals surface area contributed by atoms with E-state index in [9.17, 15) is 0 Å². The zero-order valence-corrected chi connectivity index (χ0v) is 14.6. The maximum absolute atomic E-state index is 5.02. The number of aromatic nitrogens is 2. The molecular weight excluding hydrogens is 244 g/mol. The Labute approximate surface area is 124 Å². The highest BCUT2D eigenvalue weighted by Crippen LogP contribution is 2.56. The average Bonchev–Trinajstić information content (AvgIpc) is 2.49. The second-order valence-corrected chi connectivity index (χ2v) is 7.93. The van der Waals surface area contributed by atoms with Crippen LogP contribution in [0.3, 0.4) is 0 Å². The summed E-state index contributed by atoms with van der Waals surface area (Å²) in [6.45, 7) is 20.7. The van der Waals surface area contributed by atoms with E-state index >= 15 is 0 Å². The van der Waals surface area contributed by atoms with Crippen LogP contribution in [0.1, 0.15) is 84.1 Å². The normalized spacial score (nSPS) is 28.2. The van der Waals surface area contributed by atoms with E-state index in [0.29, 0.717) is 17.8 Å². The Morgan fingerprint density at radius 2 is 1.55 bits per heavy atom. The van der Waals surface area contributed by atoms with Gasteiger partial charge in [-0.2, -0.15) is 0 Å². The molecule has 0 aromatic carbocycles. The van der Waals surface area contributed by atoms with Crippen LogP contribution in [0, 0.1) is 18.8 Å². The molecule has 0 radical (unpaired) electrons. The predicted molar refractivity (Wildman–Crippen MR) is 85.2 cm³/mol. The van der Waals surface area contributed by atoms with Gasteiger partial charge in [-0.25, -0.2) is 9.97 Å². The van der Waals surface area contributed by atoms with Gasteiger partial charge in [0.2, 0.25) is 0 Å². The molecule has 0 aliphatic heterocycles. The van der Waals surface area contributed by atoms with E-state index in [1.54, 1.807) is 0 Å². The molecule has 1 aliphatic rings. The van der Waals surface area contributed by atoms with Crippen molar-refractivity contribution in [3.8, 4) is 0 Å². The zero-order valence-electron chi connectivity index (χ0n) is 14.6. The third-order valence-electron chi connectivity index (χ3n) is 5.96. The van der Waals surface area contributed by atoms with Crippen LogP contribution < -0.4 is 0 Å². The van der Waals surface area contributed by atoms with Crippen LogP contribution in [0.2, 0.25) is 0 Å². The Morgan fingerprint density at radius 3 is 2.00 bits per heavy atom. The first-order valence-electron chi connectivity index (χ1n) is 7.94. The van der Waals surface area contributed by atoms with Crippen LogP contribution >= 0.6 is 0 Å². The van der Waals surface area contributed by atoms with Crippen LogP contribution in [0.4, 0.5) is 0 Å². The topological polar surface area (TPSA) is 25.8 Å². The third-order valence-corrected chi connectivity index (χ3v) is 5.96. The van der Waals surface area contributed by atoms with E-state index in [2.05, 4.69) is 62.3 Å². The SMILES string of the molecule is Cc1nc(C(C)C)nc2c1C(C)(C)C(C)C2(C)C(C)C. The molecule has 1 heterocycles. The van der Waals surface area contributed by atoms with Crippen LogP contribution in [-0.2, 0) is 10.8 Å². The van der Waals surface area contributed by atoms with Gasteiger partial charge in [-0.1, -0.05) is 55.4 Å². The number of fused-ring (bicyclic) bond motifs is 1. The Balaban J connectivity index is 2.80. The zero-order chi connectivity index (χ0) is 15.5. The highest BCUT2D eigenvalue weighted by atomic mass is 14.9. The summed E-state index contributed by atoms with van der Waals surface area (Å²) in [5, 5.41) is 0. The van der Waals surface area contributed by atoms with Gasteiger partial charge in [-0.3, -0.25) is 0 Å². The Bertz CT molecular complexity index is 528. The number of aryl methyl sites for hydroxylation is 1. The van der Waals surface area contributed by atoms with E-state index in [0.717, 1.165) is 5.82 Å². The molecule has 20 heavy (non-hydrogen) atoms. The second-order valence-electron chi connectivity index (χ2n) is 7.93. The monoisotopic (exact) mass is 274 g/mol. The molecule has 0 saturated heterocycles. The molecule has 0 spiro atoms. The molecule has 1 aliphatic carbocycles. The van der Waals surface area contributed by atoms with Crippen molar-refractivity contribution in [3.05, 3.63) is 22.8 Å². The lowest BCUT2D eigenvalue weighted by molar-refractivity contribution is 0.185. The van der Waals surface area contributed by atoms with Gasteiger partial charge in [0.05, 0.1) is 5.69 Å². The molecule has 0 bridgehead atoms. The highest BCUT2D eigenvalue weighted by molar-refractivity contribution is 5.45. The van der Waals surface area contributed by atoms with Gasteiger partial charge in [-0.05, 0) is 24.2 Å². The molecule has 0 fully saturated rings. The second kappa shape index (κ2) is 4.54. The summed E-state index contributed by atoms with van der Waals surface area (Å²) in [5.41, 5.74) is 4.16. The summed E-state index contributed by atoms with van der Waals surface area (Å²) < 4.78 is 0. The summed E-state index contributed by atoms with van der Waals surface area (Å²) >= 11 is 0. The smallest absolute Gasteiger partial charge is 0.131 e. The quantitative estimate of drug-likeness (QED) is 0.777. The minimum atomic E-state index is 0.135. The van der Waals surface area contributed by atoms with E-state index in [-0.39, 0.29) is 10.8 Å². The van der Waals surface area contributed by atoms with Crippen molar-refractivity contribution < 1.29 is 0 Å². The highest BCUT2D eigenvalue weighted by Gasteiger charge is 2.54. The molecule has 1 aromatic rings. The lowest BCUT2D eigenvalue weighted by Gasteiger charge is -2.38. The third kappa shape index (κ3) is 1.83. The van der Waals surface area contributed by atoms with Crippen molar-refractivity contribution in [1.82, 2.24) is 9.97 Å².